The third-order valence-corrected chi connectivity index (χ3v) is 2.81. The van der Waals surface area contributed by atoms with E-state index in [4.69, 9.17) is 9.88 Å². The fourth-order valence-corrected chi connectivity index (χ4v) is 1.76. The molecule has 0 aromatic carbocycles. The molecule has 0 saturated carbocycles. The van der Waals surface area contributed by atoms with E-state index in [2.05, 4.69) is 4.98 Å². The van der Waals surface area contributed by atoms with Crippen molar-refractivity contribution in [1.82, 2.24) is 9.55 Å². The van der Waals surface area contributed by atoms with E-state index in [9.17, 15) is 8.42 Å². The highest BCUT2D eigenvalue weighted by molar-refractivity contribution is 7.89. The predicted molar refractivity (Wildman–Crippen MR) is 59.4 cm³/mol. The lowest BCUT2D eigenvalue weighted by atomic mass is 10.5. The Kier molecular flexibility index (Phi) is 4.06. The third kappa shape index (κ3) is 3.58. The first-order valence-corrected chi connectivity index (χ1v) is 6.53. The normalized spacial score (nSPS) is 12.3. The maximum Gasteiger partial charge on any atom is 0.257 e. The van der Waals surface area contributed by atoms with E-state index in [1.807, 2.05) is 13.8 Å². The molecule has 0 atom stereocenters. The van der Waals surface area contributed by atoms with Crippen molar-refractivity contribution in [3.8, 4) is 0 Å². The van der Waals surface area contributed by atoms with Crippen LogP contribution in [0.15, 0.2) is 11.2 Å². The molecular weight excluding hydrogens is 230 g/mol. The van der Waals surface area contributed by atoms with E-state index in [1.165, 1.54) is 6.20 Å². The number of hydrogen-bond acceptors (Lipinski definition) is 4. The zero-order valence-corrected chi connectivity index (χ0v) is 10.5. The van der Waals surface area contributed by atoms with Crippen LogP contribution in [0.4, 0.5) is 0 Å². The molecular formula is C9H17N3O3S. The number of primary sulfonamides is 1. The van der Waals surface area contributed by atoms with Crippen molar-refractivity contribution in [2.24, 2.45) is 5.14 Å². The molecule has 0 spiro atoms. The van der Waals surface area contributed by atoms with Gasteiger partial charge in [0.2, 0.25) is 0 Å². The zero-order valence-electron chi connectivity index (χ0n) is 9.67. The van der Waals surface area contributed by atoms with E-state index in [-0.39, 0.29) is 11.1 Å². The lowest BCUT2D eigenvalue weighted by Gasteiger charge is -2.08. The van der Waals surface area contributed by atoms with E-state index < -0.39 is 10.0 Å². The molecule has 1 aromatic heterocycles. The van der Waals surface area contributed by atoms with Gasteiger partial charge in [0.1, 0.15) is 5.82 Å². The van der Waals surface area contributed by atoms with Gasteiger partial charge in [0.05, 0.1) is 12.7 Å². The summed E-state index contributed by atoms with van der Waals surface area (Å²) >= 11 is 0. The molecule has 1 rings (SSSR count). The number of aromatic nitrogens is 2. The summed E-state index contributed by atoms with van der Waals surface area (Å²) in [6.45, 7) is 6.68. The summed E-state index contributed by atoms with van der Waals surface area (Å²) in [5, 5.41) is 4.88. The van der Waals surface area contributed by atoms with Crippen molar-refractivity contribution in [2.75, 3.05) is 6.61 Å². The van der Waals surface area contributed by atoms with Gasteiger partial charge in [-0.25, -0.2) is 18.5 Å². The smallest absolute Gasteiger partial charge is 0.257 e. The number of nitrogens with two attached hydrogens (primary N) is 1. The number of nitrogens with zero attached hydrogens (tertiary/aromatic N) is 2. The van der Waals surface area contributed by atoms with Crippen LogP contribution in [-0.2, 0) is 21.3 Å². The standard InChI is InChI=1S/C9H17N3O3S/c1-7(2)15-5-4-12-6-9(11-8(12)3)16(10,13)14/h6-7H,4-5H2,1-3H3,(H2,10,13,14). The van der Waals surface area contributed by atoms with E-state index in [1.54, 1.807) is 11.5 Å². The monoisotopic (exact) mass is 247 g/mol. The number of sulfonamides is 1. The highest BCUT2D eigenvalue weighted by Gasteiger charge is 2.13. The fraction of sp³-hybridized carbons (Fsp3) is 0.667. The Morgan fingerprint density at radius 2 is 2.19 bits per heavy atom. The summed E-state index contributed by atoms with van der Waals surface area (Å²) in [5.41, 5.74) is 0. The third-order valence-electron chi connectivity index (χ3n) is 2.03. The number of ether oxygens (including phenoxy) is 1. The molecule has 0 fully saturated rings. The van der Waals surface area contributed by atoms with Gasteiger partial charge in [0.15, 0.2) is 5.03 Å². The highest BCUT2D eigenvalue weighted by atomic mass is 32.2. The SMILES string of the molecule is Cc1nc(S(N)(=O)=O)cn1CCOC(C)C. The Labute approximate surface area is 95.5 Å². The Morgan fingerprint density at radius 1 is 1.56 bits per heavy atom. The highest BCUT2D eigenvalue weighted by Crippen LogP contribution is 2.07. The summed E-state index contributed by atoms with van der Waals surface area (Å²) in [6.07, 6.45) is 1.58. The summed E-state index contributed by atoms with van der Waals surface area (Å²) in [6, 6.07) is 0. The lowest BCUT2D eigenvalue weighted by molar-refractivity contribution is 0.0724. The fourth-order valence-electron chi connectivity index (χ4n) is 1.23. The Bertz CT molecular complexity index is 451. The summed E-state index contributed by atoms with van der Waals surface area (Å²) in [7, 11) is -3.72. The molecule has 0 aliphatic heterocycles. The van der Waals surface area contributed by atoms with Gasteiger partial charge in [0.25, 0.3) is 10.0 Å². The molecule has 92 valence electrons. The first kappa shape index (κ1) is 13.1. The summed E-state index contributed by atoms with van der Waals surface area (Å²) < 4.78 is 29.2. The molecule has 16 heavy (non-hydrogen) atoms. The summed E-state index contributed by atoms with van der Waals surface area (Å²) in [4.78, 5) is 3.87. The van der Waals surface area contributed by atoms with E-state index in [0.717, 1.165) is 0 Å². The van der Waals surface area contributed by atoms with Crippen molar-refractivity contribution in [3.05, 3.63) is 12.0 Å². The van der Waals surface area contributed by atoms with Gasteiger partial charge >= 0.3 is 0 Å². The van der Waals surface area contributed by atoms with Gasteiger partial charge in [0, 0.05) is 12.7 Å². The van der Waals surface area contributed by atoms with Gasteiger partial charge in [-0.2, -0.15) is 0 Å². The topological polar surface area (TPSA) is 87.2 Å². The van der Waals surface area contributed by atoms with Gasteiger partial charge in [-0.3, -0.25) is 0 Å². The van der Waals surface area contributed by atoms with Crippen LogP contribution < -0.4 is 5.14 Å². The number of imidazole rings is 1. The molecule has 0 unspecified atom stereocenters. The maximum atomic E-state index is 11.1. The van der Waals surface area contributed by atoms with Crippen LogP contribution in [0.5, 0.6) is 0 Å². The van der Waals surface area contributed by atoms with Gasteiger partial charge < -0.3 is 9.30 Å². The van der Waals surface area contributed by atoms with Gasteiger partial charge in [-0.05, 0) is 20.8 Å². The molecule has 0 saturated heterocycles. The first-order valence-electron chi connectivity index (χ1n) is 4.99. The number of rotatable bonds is 5. The molecule has 0 amide bonds. The Morgan fingerprint density at radius 3 is 2.62 bits per heavy atom. The second-order valence-electron chi connectivity index (χ2n) is 3.78. The minimum absolute atomic E-state index is 0.102. The van der Waals surface area contributed by atoms with Crippen LogP contribution >= 0.6 is 0 Å². The molecule has 1 heterocycles. The maximum absolute atomic E-state index is 11.1. The molecule has 0 aliphatic rings. The molecule has 2 N–H and O–H groups in total. The van der Waals surface area contributed by atoms with Crippen LogP contribution in [0.1, 0.15) is 19.7 Å². The largest absolute Gasteiger partial charge is 0.377 e. The predicted octanol–water partition coefficient (Wildman–Crippen LogP) is 0.264. The Hall–Kier alpha value is -0.920. The average Bonchev–Trinajstić information content (AvgIpc) is 2.46. The average molecular weight is 247 g/mol. The molecule has 0 radical (unpaired) electrons. The van der Waals surface area contributed by atoms with Crippen LogP contribution in [0.3, 0.4) is 0 Å². The first-order chi connectivity index (χ1) is 7.30. The molecule has 7 heteroatoms. The van der Waals surface area contributed by atoms with Crippen molar-refractivity contribution < 1.29 is 13.2 Å². The Balaban J connectivity index is 2.72. The van der Waals surface area contributed by atoms with Crippen LogP contribution in [0.2, 0.25) is 0 Å². The quantitative estimate of drug-likeness (QED) is 0.808. The zero-order chi connectivity index (χ0) is 12.3. The van der Waals surface area contributed by atoms with E-state index in [0.29, 0.717) is 19.0 Å². The van der Waals surface area contributed by atoms with Gasteiger partial charge in [-0.15, -0.1) is 0 Å². The van der Waals surface area contributed by atoms with Crippen LogP contribution in [-0.4, -0.2) is 30.7 Å². The van der Waals surface area contributed by atoms with Gasteiger partial charge in [-0.1, -0.05) is 0 Å². The minimum atomic E-state index is -3.72. The lowest BCUT2D eigenvalue weighted by Crippen LogP contribution is -2.13. The molecule has 6 nitrogen and oxygen atoms in total. The molecule has 0 aliphatic carbocycles. The van der Waals surface area contributed by atoms with Crippen molar-refractivity contribution in [3.63, 3.8) is 0 Å². The number of hydrogen-bond donors (Lipinski definition) is 1. The van der Waals surface area contributed by atoms with Crippen molar-refractivity contribution in [2.45, 2.75) is 38.4 Å². The number of aryl methyl sites for hydroxylation is 1. The molecule has 1 aromatic rings. The van der Waals surface area contributed by atoms with Crippen molar-refractivity contribution >= 4 is 10.0 Å². The van der Waals surface area contributed by atoms with Crippen LogP contribution in [0.25, 0.3) is 0 Å². The molecule has 0 bridgehead atoms. The summed E-state index contributed by atoms with van der Waals surface area (Å²) in [5.74, 6) is 0.608. The second-order valence-corrected chi connectivity index (χ2v) is 5.29. The second kappa shape index (κ2) is 4.94. The van der Waals surface area contributed by atoms with Crippen LogP contribution in [0, 0.1) is 6.92 Å². The minimum Gasteiger partial charge on any atom is -0.377 e. The van der Waals surface area contributed by atoms with Crippen molar-refractivity contribution in [1.29, 1.82) is 0 Å². The van der Waals surface area contributed by atoms with E-state index >= 15 is 0 Å².